The molecule has 0 N–H and O–H groups in total. The van der Waals surface area contributed by atoms with E-state index in [0.717, 1.165) is 0 Å². The second-order valence-corrected chi connectivity index (χ2v) is 4.15. The third-order valence-corrected chi connectivity index (χ3v) is 2.76. The standard InChI is InChI=1S/C14H15N3O2/c1-10(8-15)17(3)14(18)11(2)19-13-6-4-12(9-16)5-7-13/h4-7,10-11H,1-3H3/t10-,11-/m1/s1. The summed E-state index contributed by atoms with van der Waals surface area (Å²) in [5.41, 5.74) is 0.529. The van der Waals surface area contributed by atoms with Gasteiger partial charge in [-0.1, -0.05) is 0 Å². The van der Waals surface area contributed by atoms with Crippen LogP contribution in [-0.2, 0) is 4.79 Å². The van der Waals surface area contributed by atoms with Crippen LogP contribution in [0, 0.1) is 22.7 Å². The lowest BCUT2D eigenvalue weighted by Crippen LogP contribution is -2.42. The summed E-state index contributed by atoms with van der Waals surface area (Å²) < 4.78 is 5.48. The van der Waals surface area contributed by atoms with Gasteiger partial charge >= 0.3 is 0 Å². The topological polar surface area (TPSA) is 77.1 Å². The number of amides is 1. The van der Waals surface area contributed by atoms with Gasteiger partial charge in [-0.3, -0.25) is 4.79 Å². The Morgan fingerprint density at radius 2 is 1.84 bits per heavy atom. The van der Waals surface area contributed by atoms with Crippen LogP contribution in [0.1, 0.15) is 19.4 Å². The first kappa shape index (κ1) is 14.5. The molecule has 2 atom stereocenters. The van der Waals surface area contributed by atoms with E-state index in [0.29, 0.717) is 11.3 Å². The van der Waals surface area contributed by atoms with Gasteiger partial charge in [0, 0.05) is 7.05 Å². The SMILES string of the molecule is C[C@H](C#N)N(C)C(=O)[C@@H](C)Oc1ccc(C#N)cc1. The lowest BCUT2D eigenvalue weighted by Gasteiger charge is -2.23. The smallest absolute Gasteiger partial charge is 0.264 e. The third kappa shape index (κ3) is 3.72. The van der Waals surface area contributed by atoms with Crippen molar-refractivity contribution in [2.24, 2.45) is 0 Å². The van der Waals surface area contributed by atoms with E-state index in [4.69, 9.17) is 15.3 Å². The van der Waals surface area contributed by atoms with Crippen LogP contribution >= 0.6 is 0 Å². The Bertz CT molecular complexity index is 525. The predicted molar refractivity (Wildman–Crippen MR) is 69.1 cm³/mol. The van der Waals surface area contributed by atoms with Crippen molar-refractivity contribution in [3.8, 4) is 17.9 Å². The number of benzene rings is 1. The van der Waals surface area contributed by atoms with Crippen molar-refractivity contribution in [3.63, 3.8) is 0 Å². The number of nitriles is 2. The van der Waals surface area contributed by atoms with Gasteiger partial charge < -0.3 is 9.64 Å². The van der Waals surface area contributed by atoms with Gasteiger partial charge in [0.25, 0.3) is 5.91 Å². The van der Waals surface area contributed by atoms with Crippen LogP contribution in [-0.4, -0.2) is 30.0 Å². The molecular weight excluding hydrogens is 242 g/mol. The number of carbonyl (C=O) groups is 1. The summed E-state index contributed by atoms with van der Waals surface area (Å²) >= 11 is 0. The van der Waals surface area contributed by atoms with Gasteiger partial charge in [0.05, 0.1) is 17.7 Å². The van der Waals surface area contributed by atoms with Crippen LogP contribution in [0.15, 0.2) is 24.3 Å². The Hall–Kier alpha value is -2.53. The Labute approximate surface area is 112 Å². The maximum Gasteiger partial charge on any atom is 0.264 e. The molecule has 0 aliphatic carbocycles. The first-order valence-corrected chi connectivity index (χ1v) is 5.82. The maximum atomic E-state index is 12.0. The molecule has 1 amide bonds. The second-order valence-electron chi connectivity index (χ2n) is 4.15. The van der Waals surface area contributed by atoms with Gasteiger partial charge in [0.15, 0.2) is 6.10 Å². The van der Waals surface area contributed by atoms with Crippen molar-refractivity contribution in [2.75, 3.05) is 7.05 Å². The van der Waals surface area contributed by atoms with Gasteiger partial charge in [-0.25, -0.2) is 0 Å². The van der Waals surface area contributed by atoms with E-state index in [-0.39, 0.29) is 5.91 Å². The number of hydrogen-bond donors (Lipinski definition) is 0. The summed E-state index contributed by atoms with van der Waals surface area (Å²) in [4.78, 5) is 13.3. The van der Waals surface area contributed by atoms with Crippen molar-refractivity contribution >= 4 is 5.91 Å². The Kier molecular flexibility index (Phi) is 4.91. The zero-order valence-electron chi connectivity index (χ0n) is 11.1. The zero-order chi connectivity index (χ0) is 14.4. The molecule has 0 radical (unpaired) electrons. The first-order valence-electron chi connectivity index (χ1n) is 5.82. The molecule has 1 aromatic carbocycles. The monoisotopic (exact) mass is 257 g/mol. The van der Waals surface area contributed by atoms with Gasteiger partial charge in [0.2, 0.25) is 0 Å². The molecule has 0 bridgehead atoms. The number of ether oxygens (including phenoxy) is 1. The molecule has 0 saturated carbocycles. The average molecular weight is 257 g/mol. The van der Waals surface area contributed by atoms with Crippen LogP contribution < -0.4 is 4.74 Å². The lowest BCUT2D eigenvalue weighted by atomic mass is 10.2. The summed E-state index contributed by atoms with van der Waals surface area (Å²) in [6.07, 6.45) is -0.686. The minimum absolute atomic E-state index is 0.265. The highest BCUT2D eigenvalue weighted by Gasteiger charge is 2.22. The minimum atomic E-state index is -0.686. The Morgan fingerprint density at radius 3 is 2.32 bits per heavy atom. The number of hydrogen-bond acceptors (Lipinski definition) is 4. The molecular formula is C14H15N3O2. The highest BCUT2D eigenvalue weighted by Crippen LogP contribution is 2.14. The van der Waals surface area contributed by atoms with Crippen LogP contribution in [0.2, 0.25) is 0 Å². The summed E-state index contributed by atoms with van der Waals surface area (Å²) in [6, 6.07) is 10.0. The van der Waals surface area contributed by atoms with E-state index < -0.39 is 12.1 Å². The molecule has 0 aliphatic heterocycles. The minimum Gasteiger partial charge on any atom is -0.481 e. The van der Waals surface area contributed by atoms with Crippen molar-refractivity contribution < 1.29 is 9.53 Å². The first-order chi connectivity index (χ1) is 8.99. The molecule has 5 heteroatoms. The van der Waals surface area contributed by atoms with E-state index in [2.05, 4.69) is 0 Å². The largest absolute Gasteiger partial charge is 0.481 e. The number of carbonyl (C=O) groups excluding carboxylic acids is 1. The molecule has 98 valence electrons. The van der Waals surface area contributed by atoms with Crippen molar-refractivity contribution in [2.45, 2.75) is 26.0 Å². The van der Waals surface area contributed by atoms with E-state index in [1.807, 2.05) is 12.1 Å². The Balaban J connectivity index is 2.69. The lowest BCUT2D eigenvalue weighted by molar-refractivity contribution is -0.137. The van der Waals surface area contributed by atoms with Crippen LogP contribution in [0.4, 0.5) is 0 Å². The predicted octanol–water partition coefficient (Wildman–Crippen LogP) is 1.70. The summed E-state index contributed by atoms with van der Waals surface area (Å²) in [7, 11) is 1.56. The maximum absolute atomic E-state index is 12.0. The summed E-state index contributed by atoms with van der Waals surface area (Å²) in [5, 5.41) is 17.4. The number of rotatable bonds is 4. The van der Waals surface area contributed by atoms with E-state index in [1.54, 1.807) is 45.2 Å². The van der Waals surface area contributed by atoms with Gasteiger partial charge in [-0.05, 0) is 38.1 Å². The third-order valence-electron chi connectivity index (χ3n) is 2.76. The molecule has 1 rings (SSSR count). The second kappa shape index (κ2) is 6.42. The number of likely N-dealkylation sites (N-methyl/N-ethyl adjacent to an activating group) is 1. The molecule has 0 heterocycles. The zero-order valence-corrected chi connectivity index (χ0v) is 11.1. The average Bonchev–Trinajstić information content (AvgIpc) is 2.45. The fourth-order valence-corrected chi connectivity index (χ4v) is 1.43. The van der Waals surface area contributed by atoms with E-state index >= 15 is 0 Å². The van der Waals surface area contributed by atoms with Crippen molar-refractivity contribution in [1.82, 2.24) is 4.90 Å². The molecule has 0 fully saturated rings. The van der Waals surface area contributed by atoms with Crippen molar-refractivity contribution in [3.05, 3.63) is 29.8 Å². The molecule has 19 heavy (non-hydrogen) atoms. The summed E-state index contributed by atoms with van der Waals surface area (Å²) in [6.45, 7) is 3.27. The molecule has 0 aliphatic rings. The van der Waals surface area contributed by atoms with Crippen LogP contribution in [0.25, 0.3) is 0 Å². The normalized spacial score (nSPS) is 12.7. The summed E-state index contributed by atoms with van der Waals surface area (Å²) in [5.74, 6) is 0.247. The van der Waals surface area contributed by atoms with E-state index in [9.17, 15) is 4.79 Å². The fourth-order valence-electron chi connectivity index (χ4n) is 1.43. The molecule has 0 saturated heterocycles. The van der Waals surface area contributed by atoms with Crippen molar-refractivity contribution in [1.29, 1.82) is 10.5 Å². The van der Waals surface area contributed by atoms with Crippen LogP contribution in [0.3, 0.4) is 0 Å². The molecule has 0 unspecified atom stereocenters. The van der Waals surface area contributed by atoms with Gasteiger partial charge in [-0.2, -0.15) is 10.5 Å². The van der Waals surface area contributed by atoms with E-state index in [1.165, 1.54) is 4.90 Å². The quantitative estimate of drug-likeness (QED) is 0.822. The molecule has 1 aromatic rings. The van der Waals surface area contributed by atoms with Crippen LogP contribution in [0.5, 0.6) is 5.75 Å². The highest BCUT2D eigenvalue weighted by atomic mass is 16.5. The fraction of sp³-hybridized carbons (Fsp3) is 0.357. The molecule has 0 aromatic heterocycles. The number of nitrogens with zero attached hydrogens (tertiary/aromatic N) is 3. The molecule has 5 nitrogen and oxygen atoms in total. The van der Waals surface area contributed by atoms with Gasteiger partial charge in [-0.15, -0.1) is 0 Å². The highest BCUT2D eigenvalue weighted by molar-refractivity contribution is 5.81. The molecule has 0 spiro atoms. The van der Waals surface area contributed by atoms with Gasteiger partial charge in [0.1, 0.15) is 11.8 Å². The Morgan fingerprint density at radius 1 is 1.26 bits per heavy atom.